The van der Waals surface area contributed by atoms with E-state index in [9.17, 15) is 14.2 Å². The first-order valence-electron chi connectivity index (χ1n) is 14.6. The fourth-order valence-corrected chi connectivity index (χ4v) is 6.11. The van der Waals surface area contributed by atoms with Crippen LogP contribution < -0.4 is 10.5 Å². The lowest BCUT2D eigenvalue weighted by Crippen LogP contribution is -2.27. The maximum Gasteiger partial charge on any atom is 0.361 e. The Bertz CT molecular complexity index is 1570. The SMILES string of the molecule is COc1ccc(Sc2nc(N)nc3c2ncn3CC2(OCP(=O)(OCOC(=O)C(C)(C)C)OCOC(=O)C(C)(C)C)CC2C)cc1. The van der Waals surface area contributed by atoms with Crippen molar-refractivity contribution in [2.45, 2.75) is 77.0 Å². The zero-order chi connectivity index (χ0) is 33.9. The van der Waals surface area contributed by atoms with E-state index in [1.807, 2.05) is 35.8 Å². The average Bonchev–Trinajstić information content (AvgIpc) is 3.43. The highest BCUT2D eigenvalue weighted by molar-refractivity contribution is 7.99. The minimum atomic E-state index is -4.08. The lowest BCUT2D eigenvalue weighted by molar-refractivity contribution is -0.162. The Morgan fingerprint density at radius 1 is 1.02 bits per heavy atom. The molecule has 2 unspecified atom stereocenters. The van der Waals surface area contributed by atoms with Gasteiger partial charge >= 0.3 is 19.5 Å². The summed E-state index contributed by atoms with van der Waals surface area (Å²) in [5.41, 5.74) is 4.82. The second-order valence-corrected chi connectivity index (χ2v) is 16.2. The van der Waals surface area contributed by atoms with Crippen molar-refractivity contribution in [3.63, 3.8) is 0 Å². The van der Waals surface area contributed by atoms with Gasteiger partial charge in [-0.1, -0.05) is 18.7 Å². The first-order valence-corrected chi connectivity index (χ1v) is 17.2. The summed E-state index contributed by atoms with van der Waals surface area (Å²) in [6.45, 7) is 11.1. The van der Waals surface area contributed by atoms with E-state index < -0.39 is 55.9 Å². The van der Waals surface area contributed by atoms with Crippen LogP contribution in [0.3, 0.4) is 0 Å². The number of carbonyl (C=O) groups excluding carboxylic acids is 2. The van der Waals surface area contributed by atoms with Crippen molar-refractivity contribution in [2.75, 3.05) is 32.8 Å². The number of ether oxygens (including phenoxy) is 4. The van der Waals surface area contributed by atoms with E-state index in [1.54, 1.807) is 55.0 Å². The summed E-state index contributed by atoms with van der Waals surface area (Å²) < 4.78 is 48.2. The highest BCUT2D eigenvalue weighted by Crippen LogP contribution is 2.55. The van der Waals surface area contributed by atoms with Gasteiger partial charge in [-0.3, -0.25) is 23.2 Å². The number of nitrogens with zero attached hydrogens (tertiary/aromatic N) is 4. The summed E-state index contributed by atoms with van der Waals surface area (Å²) in [4.78, 5) is 38.8. The largest absolute Gasteiger partial charge is 0.497 e. The zero-order valence-corrected chi connectivity index (χ0v) is 29.1. The molecule has 14 nitrogen and oxygen atoms in total. The standard InChI is InChI=1S/C30H42N5O9PS/c1-19-13-30(19,42-18-45(38,43-16-40-25(36)28(2,3)4)44-17-41-26(37)29(5,6)7)14-35-15-32-22-23(35)33-27(31)34-24(22)46-21-11-9-20(39-8)10-12-21/h9-12,15,19H,13-14,16-18H2,1-8H3,(H2,31,33,34). The van der Waals surface area contributed by atoms with Crippen molar-refractivity contribution >= 4 is 48.4 Å². The van der Waals surface area contributed by atoms with E-state index in [1.165, 1.54) is 11.8 Å². The second kappa shape index (κ2) is 13.9. The number of nitrogens with two attached hydrogens (primary N) is 1. The first-order chi connectivity index (χ1) is 21.4. The van der Waals surface area contributed by atoms with Crippen molar-refractivity contribution in [1.29, 1.82) is 0 Å². The normalized spacial score (nSPS) is 18.4. The van der Waals surface area contributed by atoms with Gasteiger partial charge in [-0.2, -0.15) is 4.98 Å². The molecule has 16 heteroatoms. The molecule has 0 aliphatic heterocycles. The molecule has 1 saturated carbocycles. The van der Waals surface area contributed by atoms with Crippen LogP contribution in [-0.2, 0) is 44.0 Å². The van der Waals surface area contributed by atoms with Gasteiger partial charge in [0.2, 0.25) is 19.5 Å². The molecule has 2 heterocycles. The predicted molar refractivity (Wildman–Crippen MR) is 170 cm³/mol. The van der Waals surface area contributed by atoms with Crippen molar-refractivity contribution in [1.82, 2.24) is 19.5 Å². The number of rotatable bonds is 14. The number of benzene rings is 1. The van der Waals surface area contributed by atoms with Crippen LogP contribution in [0.1, 0.15) is 54.9 Å². The number of nitrogen functional groups attached to an aromatic ring is 1. The molecule has 0 amide bonds. The molecule has 2 N–H and O–H groups in total. The highest BCUT2D eigenvalue weighted by atomic mass is 32.2. The van der Waals surface area contributed by atoms with Crippen molar-refractivity contribution in [3.05, 3.63) is 30.6 Å². The van der Waals surface area contributed by atoms with Crippen LogP contribution in [0, 0.1) is 16.7 Å². The van der Waals surface area contributed by atoms with E-state index in [2.05, 4.69) is 15.0 Å². The molecule has 0 saturated heterocycles. The van der Waals surface area contributed by atoms with Crippen LogP contribution in [0.4, 0.5) is 5.95 Å². The summed E-state index contributed by atoms with van der Waals surface area (Å²) in [5, 5.41) is 0.589. The van der Waals surface area contributed by atoms with E-state index in [-0.39, 0.29) is 11.9 Å². The fourth-order valence-electron chi connectivity index (χ4n) is 4.16. The van der Waals surface area contributed by atoms with Gasteiger partial charge in [0.25, 0.3) is 0 Å². The number of esters is 2. The molecule has 46 heavy (non-hydrogen) atoms. The maximum absolute atomic E-state index is 13.8. The predicted octanol–water partition coefficient (Wildman–Crippen LogP) is 5.64. The maximum atomic E-state index is 13.8. The number of methoxy groups -OCH3 is 1. The quantitative estimate of drug-likeness (QED) is 0.0958. The van der Waals surface area contributed by atoms with E-state index in [4.69, 9.17) is 33.7 Å². The van der Waals surface area contributed by atoms with Crippen LogP contribution in [0.5, 0.6) is 5.75 Å². The lowest BCUT2D eigenvalue weighted by atomic mass is 9.98. The molecule has 2 atom stereocenters. The lowest BCUT2D eigenvalue weighted by Gasteiger charge is -2.24. The molecule has 1 fully saturated rings. The van der Waals surface area contributed by atoms with Crippen LogP contribution in [0.15, 0.2) is 40.5 Å². The molecule has 0 spiro atoms. The Balaban J connectivity index is 1.49. The minimum absolute atomic E-state index is 0.0724. The first kappa shape index (κ1) is 35.6. The molecule has 4 rings (SSSR count). The summed E-state index contributed by atoms with van der Waals surface area (Å²) in [6, 6.07) is 7.53. The zero-order valence-electron chi connectivity index (χ0n) is 27.4. The van der Waals surface area contributed by atoms with E-state index in [0.717, 1.165) is 10.6 Å². The summed E-state index contributed by atoms with van der Waals surface area (Å²) in [7, 11) is -2.47. The van der Waals surface area contributed by atoms with Crippen molar-refractivity contribution in [3.8, 4) is 5.75 Å². The van der Waals surface area contributed by atoms with Gasteiger partial charge in [-0.15, -0.1) is 0 Å². The van der Waals surface area contributed by atoms with Gasteiger partial charge in [0.05, 0.1) is 36.4 Å². The van der Waals surface area contributed by atoms with Gasteiger partial charge < -0.3 is 29.2 Å². The van der Waals surface area contributed by atoms with Gasteiger partial charge in [0.15, 0.2) is 5.65 Å². The number of carbonyl (C=O) groups is 2. The van der Waals surface area contributed by atoms with Crippen LogP contribution in [0.2, 0.25) is 0 Å². The highest BCUT2D eigenvalue weighted by Gasteiger charge is 2.54. The van der Waals surface area contributed by atoms with Gasteiger partial charge in [-0.05, 0) is 78.1 Å². The smallest absolute Gasteiger partial charge is 0.361 e. The Hall–Kier alpha value is -3.23. The third-order valence-electron chi connectivity index (χ3n) is 7.16. The van der Waals surface area contributed by atoms with Crippen LogP contribution in [0.25, 0.3) is 11.2 Å². The summed E-state index contributed by atoms with van der Waals surface area (Å²) in [6.07, 6.45) is 1.79. The Labute approximate surface area is 272 Å². The van der Waals surface area contributed by atoms with E-state index >= 15 is 0 Å². The molecular weight excluding hydrogens is 637 g/mol. The molecule has 1 aliphatic carbocycles. The third-order valence-corrected chi connectivity index (χ3v) is 9.59. The molecular formula is C30H42N5O9PS. The molecule has 2 aromatic heterocycles. The Kier molecular flexibility index (Phi) is 10.7. The fraction of sp³-hybridized carbons (Fsp3) is 0.567. The number of imidazole rings is 1. The monoisotopic (exact) mass is 679 g/mol. The molecule has 1 aliphatic rings. The number of hydrogen-bond donors (Lipinski definition) is 1. The number of fused-ring (bicyclic) bond motifs is 1. The Morgan fingerprint density at radius 2 is 1.59 bits per heavy atom. The number of aromatic nitrogens is 4. The molecule has 0 bridgehead atoms. The van der Waals surface area contributed by atoms with Crippen molar-refractivity contribution in [2.24, 2.45) is 16.7 Å². The summed E-state index contributed by atoms with van der Waals surface area (Å²) >= 11 is 1.40. The van der Waals surface area contributed by atoms with E-state index in [0.29, 0.717) is 29.2 Å². The summed E-state index contributed by atoms with van der Waals surface area (Å²) in [5.74, 6) is -0.205. The average molecular weight is 680 g/mol. The second-order valence-electron chi connectivity index (χ2n) is 13.1. The molecule has 1 aromatic carbocycles. The van der Waals surface area contributed by atoms with Gasteiger partial charge in [-0.25, -0.2) is 9.97 Å². The van der Waals surface area contributed by atoms with Crippen molar-refractivity contribution < 1.29 is 42.1 Å². The third kappa shape index (κ3) is 8.97. The molecule has 252 valence electrons. The topological polar surface area (TPSA) is 176 Å². The van der Waals surface area contributed by atoms with Gasteiger partial charge in [0, 0.05) is 4.90 Å². The van der Waals surface area contributed by atoms with Crippen LogP contribution in [-0.4, -0.2) is 64.1 Å². The minimum Gasteiger partial charge on any atom is -0.497 e. The Morgan fingerprint density at radius 3 is 2.09 bits per heavy atom. The number of hydrogen-bond acceptors (Lipinski definition) is 14. The molecule has 0 radical (unpaired) electrons. The van der Waals surface area contributed by atoms with Gasteiger partial charge in [0.1, 0.15) is 22.6 Å². The van der Waals surface area contributed by atoms with Crippen LogP contribution >= 0.6 is 19.4 Å². The number of anilines is 1. The molecule has 3 aromatic rings.